The second kappa shape index (κ2) is 9.04. The smallest absolute Gasteiger partial charge is 1.00 e. The van der Waals surface area contributed by atoms with E-state index in [-0.39, 0.29) is 47.9 Å². The van der Waals surface area contributed by atoms with Crippen LogP contribution in [0.15, 0.2) is 60.7 Å². The molecule has 3 heteroatoms. The van der Waals surface area contributed by atoms with Crippen LogP contribution in [0.25, 0.3) is 11.1 Å². The van der Waals surface area contributed by atoms with E-state index in [9.17, 15) is 0 Å². The minimum Gasteiger partial charge on any atom is -1.00 e. The van der Waals surface area contributed by atoms with Crippen molar-refractivity contribution in [3.05, 3.63) is 60.7 Å². The molecule has 2 aromatic carbocycles. The molecule has 0 bridgehead atoms. The van der Waals surface area contributed by atoms with Gasteiger partial charge in [-0.2, -0.15) is 0 Å². The molecule has 2 rings (SSSR count). The summed E-state index contributed by atoms with van der Waals surface area (Å²) in [5.41, 5.74) is 2.55. The van der Waals surface area contributed by atoms with Crippen LogP contribution in [0.1, 0.15) is 0 Å². The Morgan fingerprint density at radius 1 is 0.467 bits per heavy atom. The van der Waals surface area contributed by atoms with E-state index in [1.54, 1.807) is 0 Å². The van der Waals surface area contributed by atoms with Crippen LogP contribution in [-0.4, -0.2) is 23.1 Å². The summed E-state index contributed by atoms with van der Waals surface area (Å²) >= 11 is 0. The Hall–Kier alpha value is -0.214. The van der Waals surface area contributed by atoms with Crippen molar-refractivity contribution in [1.29, 1.82) is 0 Å². The van der Waals surface area contributed by atoms with E-state index in [4.69, 9.17) is 0 Å². The Kier molecular flexibility index (Phi) is 10.4. The molecule has 2 aromatic rings. The number of rotatable bonds is 1. The fourth-order valence-corrected chi connectivity index (χ4v) is 1.26. The number of halogens is 2. The molecule has 0 aliphatic rings. The van der Waals surface area contributed by atoms with Crippen LogP contribution in [0.5, 0.6) is 0 Å². The van der Waals surface area contributed by atoms with Gasteiger partial charge in [-0.1, -0.05) is 60.7 Å². The van der Waals surface area contributed by atoms with Gasteiger partial charge in [0, 0.05) is 0 Å². The first-order valence-electron chi connectivity index (χ1n) is 4.07. The fourth-order valence-electron chi connectivity index (χ4n) is 1.26. The van der Waals surface area contributed by atoms with Crippen molar-refractivity contribution in [3.63, 3.8) is 0 Å². The zero-order valence-electron chi connectivity index (χ0n) is 8.24. The molecule has 15 heavy (non-hydrogen) atoms. The average molecular weight is 249 g/mol. The van der Waals surface area contributed by atoms with Crippen LogP contribution in [0.3, 0.4) is 0 Å². The second-order valence-corrected chi connectivity index (χ2v) is 2.73. The van der Waals surface area contributed by atoms with Crippen LogP contribution in [0.4, 0.5) is 0 Å². The van der Waals surface area contributed by atoms with Crippen LogP contribution < -0.4 is 24.8 Å². The summed E-state index contributed by atoms with van der Waals surface area (Å²) in [7, 11) is 0. The maximum Gasteiger partial charge on any atom is 2.00 e. The van der Waals surface area contributed by atoms with Crippen LogP contribution >= 0.6 is 0 Å². The van der Waals surface area contributed by atoms with Gasteiger partial charge in [-0.25, -0.2) is 0 Å². The van der Waals surface area contributed by atoms with Crippen molar-refractivity contribution >= 4 is 23.1 Å². The largest absolute Gasteiger partial charge is 2.00 e. The Morgan fingerprint density at radius 3 is 1.00 bits per heavy atom. The standard InChI is InChI=1S/C12H10.2ClH.Mg/c1-3-7-11(8-4-1)12-9-5-2-6-10-12;;;/h1-10H;2*1H;/q;;;+2/p-2. The molecular formula is C12H10Cl2Mg. The molecule has 0 spiro atoms. The van der Waals surface area contributed by atoms with Crippen molar-refractivity contribution in [3.8, 4) is 11.1 Å². The van der Waals surface area contributed by atoms with Gasteiger partial charge in [0.25, 0.3) is 0 Å². The van der Waals surface area contributed by atoms with Gasteiger partial charge in [0.15, 0.2) is 0 Å². The molecule has 0 saturated carbocycles. The predicted molar refractivity (Wildman–Crippen MR) is 57.6 cm³/mol. The van der Waals surface area contributed by atoms with Gasteiger partial charge in [-0.15, -0.1) is 0 Å². The molecule has 0 heterocycles. The third-order valence-electron chi connectivity index (χ3n) is 1.88. The van der Waals surface area contributed by atoms with Crippen molar-refractivity contribution in [2.24, 2.45) is 0 Å². The Labute approximate surface area is 119 Å². The van der Waals surface area contributed by atoms with E-state index in [1.165, 1.54) is 11.1 Å². The first kappa shape index (κ1) is 17.2. The van der Waals surface area contributed by atoms with Crippen LogP contribution in [0.2, 0.25) is 0 Å². The zero-order chi connectivity index (χ0) is 8.23. The monoisotopic (exact) mass is 248 g/mol. The number of hydrogen-bond donors (Lipinski definition) is 0. The molecule has 0 atom stereocenters. The molecule has 0 saturated heterocycles. The maximum atomic E-state index is 2.12. The third-order valence-corrected chi connectivity index (χ3v) is 1.88. The molecule has 74 valence electrons. The Morgan fingerprint density at radius 2 is 0.733 bits per heavy atom. The van der Waals surface area contributed by atoms with Gasteiger partial charge in [0.05, 0.1) is 0 Å². The van der Waals surface area contributed by atoms with Gasteiger partial charge in [0.1, 0.15) is 0 Å². The van der Waals surface area contributed by atoms with E-state index >= 15 is 0 Å². The molecular weight excluding hydrogens is 239 g/mol. The first-order chi connectivity index (χ1) is 5.97. The Balaban J connectivity index is 0. The molecule has 0 N–H and O–H groups in total. The molecule has 0 unspecified atom stereocenters. The summed E-state index contributed by atoms with van der Waals surface area (Å²) in [6.07, 6.45) is 0. The molecule has 0 aromatic heterocycles. The number of hydrogen-bond acceptors (Lipinski definition) is 0. The summed E-state index contributed by atoms with van der Waals surface area (Å²) in [5, 5.41) is 0. The van der Waals surface area contributed by atoms with Gasteiger partial charge < -0.3 is 24.8 Å². The van der Waals surface area contributed by atoms with E-state index in [2.05, 4.69) is 48.5 Å². The molecule has 0 amide bonds. The topological polar surface area (TPSA) is 0 Å². The fraction of sp³-hybridized carbons (Fsp3) is 0. The third kappa shape index (κ3) is 4.89. The van der Waals surface area contributed by atoms with Crippen LogP contribution in [-0.2, 0) is 0 Å². The molecule has 0 nitrogen and oxygen atoms in total. The molecule has 0 aliphatic heterocycles. The van der Waals surface area contributed by atoms with Crippen molar-refractivity contribution in [2.75, 3.05) is 0 Å². The SMILES string of the molecule is [Cl-].[Cl-].[Mg+2].c1ccc(-c2ccccc2)cc1. The molecule has 0 aliphatic carbocycles. The van der Waals surface area contributed by atoms with Crippen molar-refractivity contribution < 1.29 is 24.8 Å². The summed E-state index contributed by atoms with van der Waals surface area (Å²) in [5.74, 6) is 0. The van der Waals surface area contributed by atoms with Crippen molar-refractivity contribution in [1.82, 2.24) is 0 Å². The minimum atomic E-state index is 0. The Bertz CT molecular complexity index is 311. The minimum absolute atomic E-state index is 0. The summed E-state index contributed by atoms with van der Waals surface area (Å²) < 4.78 is 0. The van der Waals surface area contributed by atoms with Gasteiger partial charge in [0.2, 0.25) is 0 Å². The summed E-state index contributed by atoms with van der Waals surface area (Å²) in [6.45, 7) is 0. The summed E-state index contributed by atoms with van der Waals surface area (Å²) in [6, 6.07) is 20.8. The summed E-state index contributed by atoms with van der Waals surface area (Å²) in [4.78, 5) is 0. The second-order valence-electron chi connectivity index (χ2n) is 2.73. The predicted octanol–water partition coefficient (Wildman–Crippen LogP) is -3.02. The van der Waals surface area contributed by atoms with E-state index in [1.807, 2.05) is 12.1 Å². The van der Waals surface area contributed by atoms with E-state index < -0.39 is 0 Å². The van der Waals surface area contributed by atoms with Gasteiger partial charge >= 0.3 is 23.1 Å². The number of benzene rings is 2. The normalized spacial score (nSPS) is 7.73. The first-order valence-corrected chi connectivity index (χ1v) is 4.07. The zero-order valence-corrected chi connectivity index (χ0v) is 11.2. The molecule has 0 fully saturated rings. The van der Waals surface area contributed by atoms with Crippen molar-refractivity contribution in [2.45, 2.75) is 0 Å². The van der Waals surface area contributed by atoms with Crippen LogP contribution in [0, 0.1) is 0 Å². The van der Waals surface area contributed by atoms with E-state index in [0.29, 0.717) is 0 Å². The van der Waals surface area contributed by atoms with E-state index in [0.717, 1.165) is 0 Å². The quantitative estimate of drug-likeness (QED) is 0.472. The maximum absolute atomic E-state index is 2.12. The average Bonchev–Trinajstić information content (AvgIpc) is 2.21. The van der Waals surface area contributed by atoms with Gasteiger partial charge in [-0.05, 0) is 11.1 Å². The van der Waals surface area contributed by atoms with Gasteiger partial charge in [-0.3, -0.25) is 0 Å². The molecule has 0 radical (unpaired) electrons.